The lowest BCUT2D eigenvalue weighted by Gasteiger charge is -2.07. The second-order valence-electron chi connectivity index (χ2n) is 4.22. The highest BCUT2D eigenvalue weighted by Gasteiger charge is 2.13. The molecule has 7 heteroatoms. The Morgan fingerprint density at radius 1 is 1.35 bits per heavy atom. The van der Waals surface area contributed by atoms with E-state index < -0.39 is 0 Å². The quantitative estimate of drug-likeness (QED) is 0.675. The van der Waals surface area contributed by atoms with Crippen LogP contribution in [0.5, 0.6) is 0 Å². The first kappa shape index (κ1) is 13.5. The summed E-state index contributed by atoms with van der Waals surface area (Å²) in [6, 6.07) is 6.78. The van der Waals surface area contributed by atoms with Gasteiger partial charge < -0.3 is 4.57 Å². The lowest BCUT2D eigenvalue weighted by molar-refractivity contribution is 0.622. The van der Waals surface area contributed by atoms with Crippen LogP contribution in [0.4, 0.5) is 4.39 Å². The first-order valence-corrected chi connectivity index (χ1v) is 7.18. The number of halogens is 3. The zero-order valence-corrected chi connectivity index (χ0v) is 12.6. The van der Waals surface area contributed by atoms with Crippen LogP contribution < -0.4 is 0 Å². The fraction of sp³-hybridized carbons (Fsp3) is 0.154. The van der Waals surface area contributed by atoms with Gasteiger partial charge in [-0.2, -0.15) is 10.2 Å². The van der Waals surface area contributed by atoms with Gasteiger partial charge in [-0.25, -0.2) is 9.37 Å². The Hall–Kier alpha value is -1.53. The van der Waals surface area contributed by atoms with Crippen molar-refractivity contribution in [3.05, 3.63) is 52.3 Å². The number of imidazole rings is 1. The van der Waals surface area contributed by atoms with Gasteiger partial charge in [-0.1, -0.05) is 0 Å². The van der Waals surface area contributed by atoms with Crippen LogP contribution in [0.2, 0.25) is 0 Å². The highest BCUT2D eigenvalue weighted by atomic mass is 79.9. The third kappa shape index (κ3) is 2.41. The van der Waals surface area contributed by atoms with Crippen LogP contribution in [0.1, 0.15) is 11.5 Å². The maximum absolute atomic E-state index is 13.6. The van der Waals surface area contributed by atoms with E-state index >= 15 is 0 Å². The molecule has 0 aliphatic carbocycles. The van der Waals surface area contributed by atoms with Crippen molar-refractivity contribution >= 4 is 38.6 Å². The van der Waals surface area contributed by atoms with E-state index in [4.69, 9.17) is 11.6 Å². The van der Waals surface area contributed by atoms with E-state index in [0.717, 1.165) is 11.2 Å². The van der Waals surface area contributed by atoms with E-state index in [1.807, 2.05) is 16.7 Å². The van der Waals surface area contributed by atoms with Gasteiger partial charge in [0, 0.05) is 12.3 Å². The largest absolute Gasteiger partial charge is 0.321 e. The van der Waals surface area contributed by atoms with E-state index in [0.29, 0.717) is 22.4 Å². The Labute approximate surface area is 127 Å². The minimum Gasteiger partial charge on any atom is -0.321 e. The summed E-state index contributed by atoms with van der Waals surface area (Å²) in [5, 5.41) is 7.89. The molecule has 0 bridgehead atoms. The molecule has 2 heterocycles. The summed E-state index contributed by atoms with van der Waals surface area (Å²) in [6.45, 7) is 0.491. The van der Waals surface area contributed by atoms with Crippen LogP contribution in [-0.2, 0) is 12.4 Å². The number of alkyl halides is 1. The first-order valence-electron chi connectivity index (χ1n) is 5.85. The standard InChI is InChI=1S/C13H9BrClFN4/c14-9-4-12-11(5-10(9)16)18-13(6-15)20(12)7-8-2-1-3-17-19-8/h1-5H,6-7H2. The summed E-state index contributed by atoms with van der Waals surface area (Å²) in [5.74, 6) is 0.571. The summed E-state index contributed by atoms with van der Waals surface area (Å²) in [6.07, 6.45) is 1.62. The maximum atomic E-state index is 13.6. The predicted molar refractivity (Wildman–Crippen MR) is 78.1 cm³/mol. The second-order valence-corrected chi connectivity index (χ2v) is 5.34. The molecule has 0 radical (unpaired) electrons. The molecule has 0 saturated heterocycles. The summed E-state index contributed by atoms with van der Waals surface area (Å²) < 4.78 is 15.9. The molecule has 0 spiro atoms. The van der Waals surface area contributed by atoms with Gasteiger partial charge in [0.25, 0.3) is 0 Å². The van der Waals surface area contributed by atoms with Gasteiger partial charge in [-0.3, -0.25) is 0 Å². The first-order chi connectivity index (χ1) is 9.69. The predicted octanol–water partition coefficient (Wildman–Crippen LogP) is 3.52. The molecule has 1 aromatic carbocycles. The Kier molecular flexibility index (Phi) is 3.67. The highest BCUT2D eigenvalue weighted by molar-refractivity contribution is 9.10. The lowest BCUT2D eigenvalue weighted by Crippen LogP contribution is -2.06. The summed E-state index contributed by atoms with van der Waals surface area (Å²) >= 11 is 9.11. The van der Waals surface area contributed by atoms with Crippen molar-refractivity contribution in [2.24, 2.45) is 0 Å². The minimum atomic E-state index is -0.345. The molecule has 0 atom stereocenters. The fourth-order valence-corrected chi connectivity index (χ4v) is 2.56. The van der Waals surface area contributed by atoms with E-state index in [-0.39, 0.29) is 11.7 Å². The smallest absolute Gasteiger partial charge is 0.139 e. The zero-order valence-electron chi connectivity index (χ0n) is 10.2. The Balaban J connectivity index is 2.15. The van der Waals surface area contributed by atoms with Crippen LogP contribution in [0, 0.1) is 5.82 Å². The molecule has 3 aromatic rings. The summed E-state index contributed by atoms with van der Waals surface area (Å²) in [4.78, 5) is 4.35. The van der Waals surface area contributed by atoms with Crippen LogP contribution in [0.3, 0.4) is 0 Å². The van der Waals surface area contributed by atoms with Crippen molar-refractivity contribution in [3.8, 4) is 0 Å². The van der Waals surface area contributed by atoms with Gasteiger partial charge >= 0.3 is 0 Å². The molecule has 0 saturated carbocycles. The minimum absolute atomic E-state index is 0.244. The van der Waals surface area contributed by atoms with Crippen molar-refractivity contribution in [2.75, 3.05) is 0 Å². The third-order valence-corrected chi connectivity index (χ3v) is 3.78. The van der Waals surface area contributed by atoms with Crippen LogP contribution in [0.15, 0.2) is 34.9 Å². The highest BCUT2D eigenvalue weighted by Crippen LogP contribution is 2.25. The fourth-order valence-electron chi connectivity index (χ4n) is 2.03. The number of hydrogen-bond donors (Lipinski definition) is 0. The van der Waals surface area contributed by atoms with Gasteiger partial charge in [-0.05, 0) is 34.1 Å². The molecule has 0 aliphatic heterocycles. The number of benzene rings is 1. The number of fused-ring (bicyclic) bond motifs is 1. The molecule has 0 unspecified atom stereocenters. The molecule has 4 nitrogen and oxygen atoms in total. The van der Waals surface area contributed by atoms with Crippen molar-refractivity contribution in [1.82, 2.24) is 19.7 Å². The van der Waals surface area contributed by atoms with E-state index in [1.165, 1.54) is 6.07 Å². The number of rotatable bonds is 3. The average molecular weight is 356 g/mol. The number of hydrogen-bond acceptors (Lipinski definition) is 3. The Bertz CT molecular complexity index is 760. The van der Waals surface area contributed by atoms with Crippen LogP contribution in [-0.4, -0.2) is 19.7 Å². The lowest BCUT2D eigenvalue weighted by atomic mass is 10.3. The maximum Gasteiger partial charge on any atom is 0.139 e. The molecule has 0 aliphatic rings. The van der Waals surface area contributed by atoms with Crippen molar-refractivity contribution in [3.63, 3.8) is 0 Å². The Morgan fingerprint density at radius 2 is 2.20 bits per heavy atom. The molecule has 0 N–H and O–H groups in total. The van der Waals surface area contributed by atoms with Gasteiger partial charge in [0.1, 0.15) is 11.6 Å². The zero-order chi connectivity index (χ0) is 14.1. The van der Waals surface area contributed by atoms with Gasteiger partial charge in [-0.15, -0.1) is 11.6 Å². The monoisotopic (exact) mass is 354 g/mol. The van der Waals surface area contributed by atoms with Crippen LogP contribution >= 0.6 is 27.5 Å². The molecule has 2 aromatic heterocycles. The molecule has 3 rings (SSSR count). The summed E-state index contributed by atoms with van der Waals surface area (Å²) in [7, 11) is 0. The molecule has 0 amide bonds. The van der Waals surface area contributed by atoms with Gasteiger partial charge in [0.05, 0.1) is 33.6 Å². The van der Waals surface area contributed by atoms with Crippen LogP contribution in [0.25, 0.3) is 11.0 Å². The average Bonchev–Trinajstić information content (AvgIpc) is 2.78. The molecular formula is C13H9BrClFN4. The van der Waals surface area contributed by atoms with E-state index in [1.54, 1.807) is 12.3 Å². The number of aromatic nitrogens is 4. The topological polar surface area (TPSA) is 43.6 Å². The summed E-state index contributed by atoms with van der Waals surface area (Å²) in [5.41, 5.74) is 2.17. The van der Waals surface area contributed by atoms with Gasteiger partial charge in [0.2, 0.25) is 0 Å². The Morgan fingerprint density at radius 3 is 2.90 bits per heavy atom. The molecule has 0 fully saturated rings. The molecular weight excluding hydrogens is 347 g/mol. The van der Waals surface area contributed by atoms with E-state index in [2.05, 4.69) is 31.1 Å². The normalized spacial score (nSPS) is 11.2. The molecule has 20 heavy (non-hydrogen) atoms. The van der Waals surface area contributed by atoms with Crippen molar-refractivity contribution < 1.29 is 4.39 Å². The van der Waals surface area contributed by atoms with E-state index in [9.17, 15) is 4.39 Å². The second kappa shape index (κ2) is 5.46. The SMILES string of the molecule is Fc1cc2nc(CCl)n(Cc3cccnn3)c2cc1Br. The van der Waals surface area contributed by atoms with Crippen molar-refractivity contribution in [2.45, 2.75) is 12.4 Å². The van der Waals surface area contributed by atoms with Gasteiger partial charge in [0.15, 0.2) is 0 Å². The van der Waals surface area contributed by atoms with Crippen molar-refractivity contribution in [1.29, 1.82) is 0 Å². The number of nitrogens with zero attached hydrogens (tertiary/aromatic N) is 4. The molecule has 102 valence electrons. The third-order valence-electron chi connectivity index (χ3n) is 2.94.